The van der Waals surface area contributed by atoms with E-state index in [9.17, 15) is 0 Å². The highest BCUT2D eigenvalue weighted by Gasteiger charge is 2.23. The van der Waals surface area contributed by atoms with Crippen LogP contribution in [0.3, 0.4) is 0 Å². The Hall–Kier alpha value is -5.48. The minimum absolute atomic E-state index is 0.939. The first-order chi connectivity index (χ1) is 19.9. The van der Waals surface area contributed by atoms with Crippen LogP contribution in [0, 0.1) is 0 Å². The molecule has 0 spiro atoms. The van der Waals surface area contributed by atoms with Gasteiger partial charge in [0.05, 0.1) is 33.1 Å². The van der Waals surface area contributed by atoms with E-state index in [-0.39, 0.29) is 0 Å². The fourth-order valence-electron chi connectivity index (χ4n) is 6.52. The molecule has 0 atom stereocenters. The van der Waals surface area contributed by atoms with Crippen LogP contribution in [0.15, 0.2) is 134 Å². The van der Waals surface area contributed by atoms with Crippen LogP contribution >= 0.6 is 0 Å². The largest absolute Gasteiger partial charge is 0.306 e. The van der Waals surface area contributed by atoms with Crippen molar-refractivity contribution in [2.24, 2.45) is 0 Å². The average molecular weight is 511 g/mol. The summed E-state index contributed by atoms with van der Waals surface area (Å²) in [6.07, 6.45) is 3.88. The number of nitrogens with zero attached hydrogens (tertiary/aromatic N) is 4. The molecule has 9 aromatic rings. The van der Waals surface area contributed by atoms with E-state index in [1.165, 1.54) is 26.9 Å². The lowest BCUT2D eigenvalue weighted by atomic mass is 10.00. The normalized spacial score (nSPS) is 12.0. The third kappa shape index (κ3) is 2.79. The Morgan fingerprint density at radius 1 is 0.500 bits per heavy atom. The summed E-state index contributed by atoms with van der Waals surface area (Å²) in [5, 5.41) is 8.28. The van der Waals surface area contributed by atoms with E-state index in [0.29, 0.717) is 0 Å². The van der Waals surface area contributed by atoms with Gasteiger partial charge in [-0.05, 0) is 52.6 Å². The number of fused-ring (bicyclic) bond motifs is 10. The van der Waals surface area contributed by atoms with E-state index < -0.39 is 0 Å². The van der Waals surface area contributed by atoms with Crippen molar-refractivity contribution < 1.29 is 0 Å². The summed E-state index contributed by atoms with van der Waals surface area (Å²) in [6.45, 7) is 0. The van der Waals surface area contributed by atoms with Crippen molar-refractivity contribution >= 4 is 65.4 Å². The smallest absolute Gasteiger partial charge is 0.147 e. The lowest BCUT2D eigenvalue weighted by Gasteiger charge is -2.14. The molecule has 4 heteroatoms. The minimum atomic E-state index is 0.939. The summed E-state index contributed by atoms with van der Waals surface area (Å²) in [5.41, 5.74) is 7.48. The molecule has 40 heavy (non-hydrogen) atoms. The van der Waals surface area contributed by atoms with Crippen LogP contribution in [0.2, 0.25) is 0 Å². The number of hydrogen-bond acceptors (Lipinski definition) is 2. The topological polar surface area (TPSA) is 35.6 Å². The number of rotatable bonds is 2. The average Bonchev–Trinajstić information content (AvgIpc) is 3.54. The molecule has 0 N–H and O–H groups in total. The Labute approximate surface area is 229 Å². The van der Waals surface area contributed by atoms with Gasteiger partial charge in [-0.1, -0.05) is 84.9 Å². The second-order valence-corrected chi connectivity index (χ2v) is 10.3. The number of para-hydroxylation sites is 2. The molecule has 4 aromatic heterocycles. The standard InChI is InChI=1S/C36H22N4/c1-2-12-24(13-3-1)39-30-18-9-8-17-28(30)33-35-29(22-38-36(33)39)34-31(19-10-20-37-34)40(35)32-21-23-11-4-5-14-25(23)26-15-6-7-16-27(26)32/h1-22H. The molecule has 186 valence electrons. The van der Waals surface area contributed by atoms with Gasteiger partial charge in [-0.15, -0.1) is 0 Å². The molecule has 0 saturated heterocycles. The Bertz CT molecular complexity index is 2430. The van der Waals surface area contributed by atoms with Crippen LogP contribution in [0.1, 0.15) is 0 Å². The van der Waals surface area contributed by atoms with Crippen molar-refractivity contribution in [3.05, 3.63) is 134 Å². The molecule has 0 bridgehead atoms. The number of aromatic nitrogens is 4. The van der Waals surface area contributed by atoms with Crippen molar-refractivity contribution in [1.82, 2.24) is 19.1 Å². The Kier molecular flexibility index (Phi) is 4.30. The lowest BCUT2D eigenvalue weighted by molar-refractivity contribution is 1.14. The third-order valence-corrected chi connectivity index (χ3v) is 8.17. The number of hydrogen-bond donors (Lipinski definition) is 0. The fraction of sp³-hybridized carbons (Fsp3) is 0. The maximum Gasteiger partial charge on any atom is 0.147 e. The van der Waals surface area contributed by atoms with Gasteiger partial charge in [0.2, 0.25) is 0 Å². The van der Waals surface area contributed by atoms with Gasteiger partial charge in [-0.25, -0.2) is 4.98 Å². The molecule has 0 unspecified atom stereocenters. The van der Waals surface area contributed by atoms with E-state index in [2.05, 4.69) is 124 Å². The molecule has 0 fully saturated rings. The van der Waals surface area contributed by atoms with E-state index in [4.69, 9.17) is 9.97 Å². The minimum Gasteiger partial charge on any atom is -0.306 e. The first-order valence-corrected chi connectivity index (χ1v) is 13.5. The zero-order valence-corrected chi connectivity index (χ0v) is 21.5. The molecule has 9 rings (SSSR count). The molecular formula is C36H22N4. The van der Waals surface area contributed by atoms with Crippen LogP contribution in [-0.4, -0.2) is 19.1 Å². The van der Waals surface area contributed by atoms with Crippen LogP contribution in [-0.2, 0) is 0 Å². The van der Waals surface area contributed by atoms with Gasteiger partial charge in [0.25, 0.3) is 0 Å². The first-order valence-electron chi connectivity index (χ1n) is 13.5. The number of benzene rings is 5. The van der Waals surface area contributed by atoms with Gasteiger partial charge >= 0.3 is 0 Å². The summed E-state index contributed by atoms with van der Waals surface area (Å²) in [4.78, 5) is 9.98. The summed E-state index contributed by atoms with van der Waals surface area (Å²) in [7, 11) is 0. The molecule has 0 aliphatic carbocycles. The van der Waals surface area contributed by atoms with Crippen molar-refractivity contribution in [3.63, 3.8) is 0 Å². The van der Waals surface area contributed by atoms with Crippen LogP contribution < -0.4 is 0 Å². The van der Waals surface area contributed by atoms with E-state index in [0.717, 1.165) is 49.9 Å². The summed E-state index contributed by atoms with van der Waals surface area (Å²) in [5.74, 6) is 0. The van der Waals surface area contributed by atoms with Crippen molar-refractivity contribution in [2.45, 2.75) is 0 Å². The molecule has 0 radical (unpaired) electrons. The van der Waals surface area contributed by atoms with Crippen LogP contribution in [0.5, 0.6) is 0 Å². The highest BCUT2D eigenvalue weighted by atomic mass is 15.1. The fourth-order valence-corrected chi connectivity index (χ4v) is 6.52. The summed E-state index contributed by atoms with van der Waals surface area (Å²) < 4.78 is 4.69. The van der Waals surface area contributed by atoms with Crippen LogP contribution in [0.4, 0.5) is 0 Å². The van der Waals surface area contributed by atoms with Crippen molar-refractivity contribution in [3.8, 4) is 11.4 Å². The van der Waals surface area contributed by atoms with Gasteiger partial charge in [-0.3, -0.25) is 9.55 Å². The number of pyridine rings is 2. The highest BCUT2D eigenvalue weighted by molar-refractivity contribution is 6.25. The SMILES string of the molecule is c1ccc(-n2c3ccccc3c3c2ncc2c4ncccc4n(-c4cc5ccccc5c5ccccc45)c23)cc1. The lowest BCUT2D eigenvalue weighted by Crippen LogP contribution is -1.98. The summed E-state index contributed by atoms with van der Waals surface area (Å²) >= 11 is 0. The Morgan fingerprint density at radius 2 is 1.20 bits per heavy atom. The first kappa shape index (κ1) is 21.5. The van der Waals surface area contributed by atoms with Gasteiger partial charge in [0.15, 0.2) is 0 Å². The van der Waals surface area contributed by atoms with Crippen molar-refractivity contribution in [2.75, 3.05) is 0 Å². The molecule has 0 aliphatic rings. The third-order valence-electron chi connectivity index (χ3n) is 8.17. The quantitative estimate of drug-likeness (QED) is 0.218. The Balaban J connectivity index is 1.56. The second-order valence-electron chi connectivity index (χ2n) is 10.3. The molecule has 0 amide bonds. The second kappa shape index (κ2) is 8.01. The monoisotopic (exact) mass is 510 g/mol. The Morgan fingerprint density at radius 3 is 2.08 bits per heavy atom. The van der Waals surface area contributed by atoms with Gasteiger partial charge in [-0.2, -0.15) is 0 Å². The zero-order valence-electron chi connectivity index (χ0n) is 21.5. The molecular weight excluding hydrogens is 488 g/mol. The van der Waals surface area contributed by atoms with Crippen molar-refractivity contribution in [1.29, 1.82) is 0 Å². The highest BCUT2D eigenvalue weighted by Crippen LogP contribution is 2.42. The van der Waals surface area contributed by atoms with Crippen LogP contribution in [0.25, 0.3) is 76.8 Å². The summed E-state index contributed by atoms with van der Waals surface area (Å²) in [6, 6.07) is 43.0. The predicted molar refractivity (Wildman–Crippen MR) is 166 cm³/mol. The van der Waals surface area contributed by atoms with Gasteiger partial charge in [0.1, 0.15) is 5.65 Å². The predicted octanol–water partition coefficient (Wildman–Crippen LogP) is 8.98. The molecule has 4 nitrogen and oxygen atoms in total. The molecule has 5 aromatic carbocycles. The van der Waals surface area contributed by atoms with E-state index in [1.807, 2.05) is 18.5 Å². The van der Waals surface area contributed by atoms with Gasteiger partial charge in [0, 0.05) is 34.2 Å². The zero-order chi connectivity index (χ0) is 26.2. The molecule has 4 heterocycles. The maximum atomic E-state index is 5.10. The molecule has 0 saturated carbocycles. The van der Waals surface area contributed by atoms with E-state index in [1.54, 1.807) is 0 Å². The maximum absolute atomic E-state index is 5.10. The van der Waals surface area contributed by atoms with Gasteiger partial charge < -0.3 is 4.57 Å². The molecule has 0 aliphatic heterocycles. The van der Waals surface area contributed by atoms with E-state index >= 15 is 0 Å².